The Bertz CT molecular complexity index is 520. The lowest BCUT2D eigenvalue weighted by Crippen LogP contribution is -2.37. The summed E-state index contributed by atoms with van der Waals surface area (Å²) in [5.41, 5.74) is 5.33. The topological polar surface area (TPSA) is 92.9 Å². The first-order valence-electron chi connectivity index (χ1n) is 6.58. The normalized spacial score (nSPS) is 21.3. The Balaban J connectivity index is 2.04. The van der Waals surface area contributed by atoms with Crippen molar-refractivity contribution in [2.75, 3.05) is 19.8 Å². The van der Waals surface area contributed by atoms with Gasteiger partial charge in [-0.15, -0.1) is 0 Å². The lowest BCUT2D eigenvalue weighted by Gasteiger charge is -2.22. The van der Waals surface area contributed by atoms with Gasteiger partial charge in [-0.3, -0.25) is 9.59 Å². The van der Waals surface area contributed by atoms with Crippen molar-refractivity contribution < 1.29 is 23.8 Å². The summed E-state index contributed by atoms with van der Waals surface area (Å²) in [5.74, 6) is -0.517. The van der Waals surface area contributed by atoms with Crippen LogP contribution in [0.2, 0.25) is 0 Å². The molecule has 1 aliphatic heterocycles. The van der Waals surface area contributed by atoms with Gasteiger partial charge < -0.3 is 20.5 Å². The van der Waals surface area contributed by atoms with E-state index in [1.807, 2.05) is 0 Å². The molecule has 114 valence electrons. The Labute approximate surface area is 121 Å². The zero-order chi connectivity index (χ0) is 15.4. The molecule has 0 bridgehead atoms. The van der Waals surface area contributed by atoms with E-state index in [0.717, 1.165) is 0 Å². The molecular formula is C14H17FN2O4. The van der Waals surface area contributed by atoms with Gasteiger partial charge in [0.2, 0.25) is 0 Å². The molecule has 1 aromatic rings. The summed E-state index contributed by atoms with van der Waals surface area (Å²) in [7, 11) is 0. The molecule has 1 aliphatic rings. The van der Waals surface area contributed by atoms with E-state index in [9.17, 15) is 19.1 Å². The molecule has 2 rings (SSSR count). The first kappa shape index (κ1) is 15.2. The third kappa shape index (κ3) is 3.69. The summed E-state index contributed by atoms with van der Waals surface area (Å²) in [6.07, 6.45) is -0.952. The number of aliphatic hydroxyl groups is 1. The Hall–Kier alpha value is -2.15. The van der Waals surface area contributed by atoms with Crippen LogP contribution in [0.15, 0.2) is 24.3 Å². The highest BCUT2D eigenvalue weighted by Crippen LogP contribution is 2.23. The predicted octanol–water partition coefficient (Wildman–Crippen LogP) is 0.0956. The lowest BCUT2D eigenvalue weighted by molar-refractivity contribution is -0.119. The number of rotatable bonds is 5. The zero-order valence-corrected chi connectivity index (χ0v) is 11.4. The molecule has 0 unspecified atom stereocenters. The highest BCUT2D eigenvalue weighted by Gasteiger charge is 2.35. The lowest BCUT2D eigenvalue weighted by atomic mass is 10.1. The first-order chi connectivity index (χ1) is 10.0. The summed E-state index contributed by atoms with van der Waals surface area (Å²) in [6.45, 7) is -0.508. The van der Waals surface area contributed by atoms with Crippen LogP contribution in [0.4, 0.5) is 4.39 Å². The Morgan fingerprint density at radius 3 is 2.62 bits per heavy atom. The van der Waals surface area contributed by atoms with Crippen molar-refractivity contribution in [2.24, 2.45) is 5.73 Å². The van der Waals surface area contributed by atoms with Gasteiger partial charge in [0.1, 0.15) is 11.9 Å². The van der Waals surface area contributed by atoms with Crippen LogP contribution in [-0.2, 0) is 4.79 Å². The molecule has 0 spiro atoms. The fraction of sp³-hybridized carbons (Fsp3) is 0.429. The quantitative estimate of drug-likeness (QED) is 0.805. The van der Waals surface area contributed by atoms with Crippen molar-refractivity contribution in [3.63, 3.8) is 0 Å². The number of ether oxygens (including phenoxy) is 1. The van der Waals surface area contributed by atoms with Crippen molar-refractivity contribution in [1.82, 2.24) is 4.90 Å². The van der Waals surface area contributed by atoms with Crippen molar-refractivity contribution in [3.8, 4) is 5.75 Å². The van der Waals surface area contributed by atoms with E-state index in [-0.39, 0.29) is 32.1 Å². The van der Waals surface area contributed by atoms with Crippen molar-refractivity contribution in [2.45, 2.75) is 18.6 Å². The molecule has 0 radical (unpaired) electrons. The maximum Gasteiger partial charge on any atom is 0.255 e. The van der Waals surface area contributed by atoms with Crippen LogP contribution < -0.4 is 10.5 Å². The largest absolute Gasteiger partial charge is 0.484 e. The maximum atomic E-state index is 13.4. The fourth-order valence-corrected chi connectivity index (χ4v) is 2.30. The van der Waals surface area contributed by atoms with Gasteiger partial charge in [-0.1, -0.05) is 0 Å². The minimum Gasteiger partial charge on any atom is -0.484 e. The standard InChI is InChI=1S/C14H17FN2O4/c15-10-5-11(7-18)17(6-10)14(20)9-1-3-12(4-2-9)21-8-13(16)19/h1-4,10-11,18H,5-8H2,(H2,16,19)/t10-,11-/m0/s1. The third-order valence-corrected chi connectivity index (χ3v) is 3.32. The minimum atomic E-state index is -1.11. The number of likely N-dealkylation sites (tertiary alicyclic amines) is 1. The summed E-state index contributed by atoms with van der Waals surface area (Å²) in [4.78, 5) is 24.2. The van der Waals surface area contributed by atoms with Crippen LogP contribution in [0.25, 0.3) is 0 Å². The number of hydrogen-bond donors (Lipinski definition) is 2. The van der Waals surface area contributed by atoms with Gasteiger partial charge >= 0.3 is 0 Å². The molecule has 21 heavy (non-hydrogen) atoms. The number of primary amides is 1. The maximum absolute atomic E-state index is 13.4. The number of benzene rings is 1. The first-order valence-corrected chi connectivity index (χ1v) is 6.58. The van der Waals surface area contributed by atoms with Gasteiger partial charge in [0.25, 0.3) is 11.8 Å². The molecule has 1 heterocycles. The molecule has 0 aliphatic carbocycles. The van der Waals surface area contributed by atoms with Crippen LogP contribution in [0.1, 0.15) is 16.8 Å². The van der Waals surface area contributed by atoms with E-state index < -0.39 is 18.1 Å². The van der Waals surface area contributed by atoms with Gasteiger partial charge in [-0.2, -0.15) is 0 Å². The van der Waals surface area contributed by atoms with E-state index >= 15 is 0 Å². The average Bonchev–Trinajstić information content (AvgIpc) is 2.86. The number of halogens is 1. The van der Waals surface area contributed by atoms with Crippen molar-refractivity contribution >= 4 is 11.8 Å². The molecule has 2 amide bonds. The van der Waals surface area contributed by atoms with Gasteiger partial charge in [0, 0.05) is 12.0 Å². The van der Waals surface area contributed by atoms with E-state index in [0.29, 0.717) is 11.3 Å². The van der Waals surface area contributed by atoms with Gasteiger partial charge in [0.05, 0.1) is 19.2 Å². The number of alkyl halides is 1. The van der Waals surface area contributed by atoms with Gasteiger partial charge in [-0.25, -0.2) is 4.39 Å². The molecule has 1 fully saturated rings. The summed E-state index contributed by atoms with van der Waals surface area (Å²) in [6, 6.07) is 5.63. The van der Waals surface area contributed by atoms with Gasteiger partial charge in [0.15, 0.2) is 6.61 Å². The van der Waals surface area contributed by atoms with Crippen LogP contribution in [0.5, 0.6) is 5.75 Å². The third-order valence-electron chi connectivity index (χ3n) is 3.32. The number of carbonyl (C=O) groups excluding carboxylic acids is 2. The molecular weight excluding hydrogens is 279 g/mol. The SMILES string of the molecule is NC(=O)COc1ccc(C(=O)N2C[C@@H](F)C[C@H]2CO)cc1. The van der Waals surface area contributed by atoms with E-state index in [2.05, 4.69) is 0 Å². The number of nitrogens with zero attached hydrogens (tertiary/aromatic N) is 1. The number of carbonyl (C=O) groups is 2. The van der Waals surface area contributed by atoms with Gasteiger partial charge in [-0.05, 0) is 24.3 Å². The molecule has 7 heteroatoms. The summed E-state index contributed by atoms with van der Waals surface area (Å²) >= 11 is 0. The molecule has 2 atom stereocenters. The van der Waals surface area contributed by atoms with E-state index in [1.165, 1.54) is 29.2 Å². The Morgan fingerprint density at radius 1 is 1.38 bits per heavy atom. The number of nitrogens with two attached hydrogens (primary N) is 1. The molecule has 1 saturated heterocycles. The zero-order valence-electron chi connectivity index (χ0n) is 11.4. The second kappa shape index (κ2) is 6.53. The van der Waals surface area contributed by atoms with E-state index in [1.54, 1.807) is 0 Å². The second-order valence-corrected chi connectivity index (χ2v) is 4.91. The second-order valence-electron chi connectivity index (χ2n) is 4.91. The van der Waals surface area contributed by atoms with Crippen LogP contribution >= 0.6 is 0 Å². The smallest absolute Gasteiger partial charge is 0.255 e. The fourth-order valence-electron chi connectivity index (χ4n) is 2.30. The van der Waals surface area contributed by atoms with Crippen LogP contribution in [0, 0.1) is 0 Å². The molecule has 0 aromatic heterocycles. The average molecular weight is 296 g/mol. The Morgan fingerprint density at radius 2 is 2.05 bits per heavy atom. The molecule has 0 saturated carbocycles. The number of aliphatic hydroxyl groups excluding tert-OH is 1. The van der Waals surface area contributed by atoms with Crippen molar-refractivity contribution in [3.05, 3.63) is 29.8 Å². The van der Waals surface area contributed by atoms with Crippen LogP contribution in [-0.4, -0.2) is 53.8 Å². The minimum absolute atomic E-state index is 0.00993. The molecule has 3 N–H and O–H groups in total. The Kier molecular flexibility index (Phi) is 4.74. The van der Waals surface area contributed by atoms with E-state index in [4.69, 9.17) is 10.5 Å². The molecule has 6 nitrogen and oxygen atoms in total. The number of hydrogen-bond acceptors (Lipinski definition) is 4. The summed E-state index contributed by atoms with van der Waals surface area (Å²) in [5, 5.41) is 9.19. The summed E-state index contributed by atoms with van der Waals surface area (Å²) < 4.78 is 18.4. The monoisotopic (exact) mass is 296 g/mol. The number of amides is 2. The van der Waals surface area contributed by atoms with Crippen LogP contribution in [0.3, 0.4) is 0 Å². The highest BCUT2D eigenvalue weighted by atomic mass is 19.1. The van der Waals surface area contributed by atoms with Crippen molar-refractivity contribution in [1.29, 1.82) is 0 Å². The predicted molar refractivity (Wildman–Crippen MR) is 72.6 cm³/mol. The highest BCUT2D eigenvalue weighted by molar-refractivity contribution is 5.94. The molecule has 1 aromatic carbocycles.